The second-order valence-electron chi connectivity index (χ2n) is 5.39. The molecule has 0 saturated heterocycles. The van der Waals surface area contributed by atoms with Crippen molar-refractivity contribution in [3.63, 3.8) is 0 Å². The van der Waals surface area contributed by atoms with Gasteiger partial charge in [-0.2, -0.15) is 0 Å². The molecule has 0 unspecified atom stereocenters. The number of hydrogen-bond donors (Lipinski definition) is 0. The zero-order valence-corrected chi connectivity index (χ0v) is 15.2. The molecule has 0 amide bonds. The summed E-state index contributed by atoms with van der Waals surface area (Å²) in [5.74, 6) is 3.75. The molecule has 142 valence electrons. The molecule has 0 aliphatic rings. The minimum Gasteiger partial charge on any atom is -0.425 e. The lowest BCUT2D eigenvalue weighted by molar-refractivity contribution is 0.00128. The maximum Gasteiger partial charge on any atom is 0.218 e. The average Bonchev–Trinajstić information content (AvgIpc) is 3.07. The van der Waals surface area contributed by atoms with Crippen molar-refractivity contribution in [3.8, 4) is 12.3 Å². The molecule has 0 atom stereocenters. The number of hydrogen-bond acceptors (Lipinski definition) is 7. The fourth-order valence-electron chi connectivity index (χ4n) is 1.97. The fourth-order valence-corrected chi connectivity index (χ4v) is 1.97. The maximum absolute atomic E-state index is 5.57. The van der Waals surface area contributed by atoms with Gasteiger partial charge in [-0.3, -0.25) is 0 Å². The van der Waals surface area contributed by atoms with Crippen molar-refractivity contribution in [3.05, 3.63) is 11.8 Å². The lowest BCUT2D eigenvalue weighted by atomic mass is 10.2. The van der Waals surface area contributed by atoms with Crippen LogP contribution in [0.15, 0.2) is 4.42 Å². The molecule has 0 bridgehead atoms. The van der Waals surface area contributed by atoms with Crippen molar-refractivity contribution < 1.29 is 23.4 Å². The zero-order chi connectivity index (χ0) is 18.0. The molecule has 0 radical (unpaired) electrons. The Morgan fingerprint density at radius 3 is 1.96 bits per heavy atom. The summed E-state index contributed by atoms with van der Waals surface area (Å²) in [6, 6.07) is 0. The van der Waals surface area contributed by atoms with Crippen LogP contribution in [0, 0.1) is 12.3 Å². The van der Waals surface area contributed by atoms with Crippen molar-refractivity contribution in [2.45, 2.75) is 39.0 Å². The summed E-state index contributed by atoms with van der Waals surface area (Å²) in [5, 5.41) is 8.06. The molecule has 0 aliphatic carbocycles. The van der Waals surface area contributed by atoms with Gasteiger partial charge in [-0.15, -0.1) is 16.6 Å². The van der Waals surface area contributed by atoms with Crippen LogP contribution in [0.3, 0.4) is 0 Å². The summed E-state index contributed by atoms with van der Waals surface area (Å²) in [5.41, 5.74) is 0. The third-order valence-corrected chi connectivity index (χ3v) is 3.26. The molecule has 0 N–H and O–H groups in total. The minimum absolute atomic E-state index is 0.320. The predicted octanol–water partition coefficient (Wildman–Crippen LogP) is 2.04. The molecule has 1 aromatic rings. The van der Waals surface area contributed by atoms with Gasteiger partial charge in [0.05, 0.1) is 46.2 Å². The van der Waals surface area contributed by atoms with Crippen molar-refractivity contribution in [2.24, 2.45) is 0 Å². The van der Waals surface area contributed by atoms with E-state index in [0.29, 0.717) is 65.2 Å². The van der Waals surface area contributed by atoms with E-state index in [-0.39, 0.29) is 0 Å². The van der Waals surface area contributed by atoms with Gasteiger partial charge in [-0.1, -0.05) is 25.7 Å². The average molecular weight is 354 g/mol. The Morgan fingerprint density at radius 1 is 0.800 bits per heavy atom. The van der Waals surface area contributed by atoms with E-state index < -0.39 is 0 Å². The summed E-state index contributed by atoms with van der Waals surface area (Å²) < 4.78 is 26.8. The van der Waals surface area contributed by atoms with Gasteiger partial charge in [0.15, 0.2) is 0 Å². The monoisotopic (exact) mass is 354 g/mol. The smallest absolute Gasteiger partial charge is 0.218 e. The highest BCUT2D eigenvalue weighted by Crippen LogP contribution is 2.06. The van der Waals surface area contributed by atoms with Crippen molar-refractivity contribution in [2.75, 3.05) is 52.9 Å². The van der Waals surface area contributed by atoms with Crippen LogP contribution in [0.1, 0.15) is 38.0 Å². The number of ether oxygens (including phenoxy) is 4. The molecule has 0 aliphatic heterocycles. The largest absolute Gasteiger partial charge is 0.425 e. The highest BCUT2D eigenvalue weighted by Gasteiger charge is 2.05. The van der Waals surface area contributed by atoms with Gasteiger partial charge in [0.1, 0.15) is 6.61 Å². The first-order valence-corrected chi connectivity index (χ1v) is 8.92. The lowest BCUT2D eigenvalue weighted by Gasteiger charge is -2.06. The molecule has 0 aromatic carbocycles. The Balaban J connectivity index is 1.85. The van der Waals surface area contributed by atoms with Crippen LogP contribution in [0.5, 0.6) is 0 Å². The van der Waals surface area contributed by atoms with Crippen molar-refractivity contribution in [1.29, 1.82) is 0 Å². The van der Waals surface area contributed by atoms with Crippen molar-refractivity contribution in [1.82, 2.24) is 10.2 Å². The van der Waals surface area contributed by atoms with Crippen LogP contribution in [0.4, 0.5) is 0 Å². The zero-order valence-electron chi connectivity index (χ0n) is 15.2. The number of nitrogens with zero attached hydrogens (tertiary/aromatic N) is 2. The van der Waals surface area contributed by atoms with Crippen LogP contribution in [0.2, 0.25) is 0 Å². The predicted molar refractivity (Wildman–Crippen MR) is 93.3 cm³/mol. The highest BCUT2D eigenvalue weighted by molar-refractivity contribution is 4.83. The van der Waals surface area contributed by atoms with Crippen LogP contribution >= 0.6 is 0 Å². The summed E-state index contributed by atoms with van der Waals surface area (Å²) in [7, 11) is 0. The van der Waals surface area contributed by atoms with Gasteiger partial charge in [0.25, 0.3) is 0 Å². The third-order valence-electron chi connectivity index (χ3n) is 3.26. The first-order chi connectivity index (χ1) is 12.4. The molecule has 0 spiro atoms. The number of aromatic nitrogens is 2. The van der Waals surface area contributed by atoms with E-state index >= 15 is 0 Å². The van der Waals surface area contributed by atoms with Crippen LogP contribution in [-0.4, -0.2) is 63.1 Å². The SMILES string of the molecule is C#CCOCCOCCOCCOCCc1nnc(CCCCC)o1. The molecule has 25 heavy (non-hydrogen) atoms. The van der Waals surface area contributed by atoms with Gasteiger partial charge in [0, 0.05) is 12.8 Å². The second kappa shape index (κ2) is 16.0. The minimum atomic E-state index is 0.320. The van der Waals surface area contributed by atoms with E-state index in [2.05, 4.69) is 23.0 Å². The summed E-state index contributed by atoms with van der Waals surface area (Å²) >= 11 is 0. The van der Waals surface area contributed by atoms with Gasteiger partial charge in [-0.25, -0.2) is 0 Å². The Labute approximate surface area is 150 Å². The van der Waals surface area contributed by atoms with Crippen LogP contribution < -0.4 is 0 Å². The molecular formula is C18H30N2O5. The maximum atomic E-state index is 5.57. The first-order valence-electron chi connectivity index (χ1n) is 8.92. The topological polar surface area (TPSA) is 75.8 Å². The van der Waals surface area contributed by atoms with E-state index in [1.807, 2.05) is 0 Å². The molecule has 1 heterocycles. The van der Waals surface area contributed by atoms with E-state index in [1.54, 1.807) is 0 Å². The van der Waals surface area contributed by atoms with Gasteiger partial charge in [0.2, 0.25) is 11.8 Å². The van der Waals surface area contributed by atoms with Crippen molar-refractivity contribution >= 4 is 0 Å². The molecule has 7 heteroatoms. The van der Waals surface area contributed by atoms with Gasteiger partial charge in [-0.05, 0) is 6.42 Å². The number of unbranched alkanes of at least 4 members (excludes halogenated alkanes) is 2. The molecule has 1 rings (SSSR count). The molecular weight excluding hydrogens is 324 g/mol. The van der Waals surface area contributed by atoms with Gasteiger partial charge >= 0.3 is 0 Å². The Kier molecular flexibility index (Phi) is 13.8. The van der Waals surface area contributed by atoms with Crippen LogP contribution in [-0.2, 0) is 31.8 Å². The number of aryl methyl sites for hydroxylation is 1. The number of terminal acetylenes is 1. The van der Waals surface area contributed by atoms with E-state index in [9.17, 15) is 0 Å². The molecule has 7 nitrogen and oxygen atoms in total. The van der Waals surface area contributed by atoms with E-state index in [0.717, 1.165) is 18.7 Å². The Hall–Kier alpha value is -1.46. The normalized spacial score (nSPS) is 10.9. The first kappa shape index (κ1) is 21.6. The molecule has 0 fully saturated rings. The van der Waals surface area contributed by atoms with E-state index in [1.165, 1.54) is 12.8 Å². The van der Waals surface area contributed by atoms with Crippen LogP contribution in [0.25, 0.3) is 0 Å². The molecule has 1 aromatic heterocycles. The van der Waals surface area contributed by atoms with Gasteiger partial charge < -0.3 is 23.4 Å². The fraction of sp³-hybridized carbons (Fsp3) is 0.778. The summed E-state index contributed by atoms with van der Waals surface area (Å²) in [6.07, 6.45) is 10.00. The summed E-state index contributed by atoms with van der Waals surface area (Å²) in [4.78, 5) is 0. The Morgan fingerprint density at radius 2 is 1.36 bits per heavy atom. The standard InChI is InChI=1S/C18H30N2O5/c1-3-5-6-7-17-19-20-18(25-17)8-10-22-12-14-24-16-15-23-13-11-21-9-4-2/h2H,3,5-16H2,1H3. The van der Waals surface area contributed by atoms with E-state index in [4.69, 9.17) is 29.8 Å². The lowest BCUT2D eigenvalue weighted by Crippen LogP contribution is -2.12. The second-order valence-corrected chi connectivity index (χ2v) is 5.39. The molecule has 0 saturated carbocycles. The highest BCUT2D eigenvalue weighted by atomic mass is 16.6. The number of rotatable bonds is 17. The third kappa shape index (κ3) is 12.5. The summed E-state index contributed by atoms with van der Waals surface area (Å²) in [6.45, 7) is 6.18. The quantitative estimate of drug-likeness (QED) is 0.313. The Bertz CT molecular complexity index is 459.